The summed E-state index contributed by atoms with van der Waals surface area (Å²) in [5, 5.41) is 0.384. The first kappa shape index (κ1) is 19.7. The van der Waals surface area contributed by atoms with Crippen molar-refractivity contribution in [3.05, 3.63) is 69.1 Å². The van der Waals surface area contributed by atoms with Crippen LogP contribution in [0.5, 0.6) is 0 Å². The Morgan fingerprint density at radius 2 is 1.71 bits per heavy atom. The van der Waals surface area contributed by atoms with E-state index in [1.165, 1.54) is 10.6 Å². The Labute approximate surface area is 166 Å². The van der Waals surface area contributed by atoms with Crippen LogP contribution in [0.3, 0.4) is 0 Å². The number of halogens is 1. The lowest BCUT2D eigenvalue weighted by atomic mass is 10.1. The molecule has 0 amide bonds. The summed E-state index contributed by atoms with van der Waals surface area (Å²) in [6, 6.07) is 11.7. The van der Waals surface area contributed by atoms with Gasteiger partial charge in [0.1, 0.15) is 0 Å². The molecule has 2 aromatic carbocycles. The normalized spacial score (nSPS) is 10.8. The summed E-state index contributed by atoms with van der Waals surface area (Å²) in [6.45, 7) is 3.84. The SMILES string of the molecule is CCOC(=O)c1ccccc1Cn1c(=O)n(C(=O)OCC)c2cc(Cl)ccc21. The van der Waals surface area contributed by atoms with Crippen molar-refractivity contribution in [2.75, 3.05) is 13.2 Å². The lowest BCUT2D eigenvalue weighted by Gasteiger charge is -2.09. The zero-order chi connectivity index (χ0) is 20.3. The van der Waals surface area contributed by atoms with Gasteiger partial charge in [0, 0.05) is 5.02 Å². The van der Waals surface area contributed by atoms with Crippen molar-refractivity contribution in [3.8, 4) is 0 Å². The van der Waals surface area contributed by atoms with Crippen LogP contribution in [0.25, 0.3) is 11.0 Å². The third-order valence-corrected chi connectivity index (χ3v) is 4.42. The fourth-order valence-corrected chi connectivity index (χ4v) is 3.15. The van der Waals surface area contributed by atoms with Crippen molar-refractivity contribution in [1.82, 2.24) is 9.13 Å². The highest BCUT2D eigenvalue weighted by molar-refractivity contribution is 6.31. The molecular weight excluding hydrogens is 384 g/mol. The topological polar surface area (TPSA) is 79.5 Å². The predicted molar refractivity (Wildman–Crippen MR) is 105 cm³/mol. The van der Waals surface area contributed by atoms with Gasteiger partial charge < -0.3 is 9.47 Å². The fourth-order valence-electron chi connectivity index (χ4n) is 2.98. The second-order valence-corrected chi connectivity index (χ2v) is 6.35. The number of rotatable bonds is 5. The molecular formula is C20H19ClN2O5. The molecule has 0 unspecified atom stereocenters. The number of hydrogen-bond donors (Lipinski definition) is 0. The summed E-state index contributed by atoms with van der Waals surface area (Å²) >= 11 is 6.06. The Hall–Kier alpha value is -3.06. The standard InChI is InChI=1S/C20H19ClN2O5/c1-3-27-18(24)15-8-6-5-7-13(15)12-22-16-10-9-14(21)11-17(16)23(19(22)25)20(26)28-4-2/h5-11H,3-4,12H2,1-2H3. The Morgan fingerprint density at radius 1 is 1.00 bits per heavy atom. The van der Waals surface area contributed by atoms with Crippen LogP contribution in [-0.2, 0) is 16.0 Å². The Kier molecular flexibility index (Phi) is 5.84. The van der Waals surface area contributed by atoms with Gasteiger partial charge in [0.15, 0.2) is 0 Å². The molecule has 0 radical (unpaired) electrons. The first-order valence-corrected chi connectivity index (χ1v) is 9.18. The number of nitrogens with zero attached hydrogens (tertiary/aromatic N) is 2. The molecule has 0 N–H and O–H groups in total. The number of esters is 1. The highest BCUT2D eigenvalue weighted by atomic mass is 35.5. The summed E-state index contributed by atoms with van der Waals surface area (Å²) in [4.78, 5) is 37.6. The van der Waals surface area contributed by atoms with Gasteiger partial charge in [-0.3, -0.25) is 4.57 Å². The summed E-state index contributed by atoms with van der Waals surface area (Å²) < 4.78 is 12.4. The van der Waals surface area contributed by atoms with Crippen LogP contribution < -0.4 is 5.69 Å². The van der Waals surface area contributed by atoms with E-state index in [1.54, 1.807) is 50.2 Å². The highest BCUT2D eigenvalue weighted by Gasteiger charge is 2.21. The Balaban J connectivity index is 2.16. The van der Waals surface area contributed by atoms with Gasteiger partial charge in [-0.15, -0.1) is 0 Å². The number of carbonyl (C=O) groups is 2. The van der Waals surface area contributed by atoms with Gasteiger partial charge >= 0.3 is 17.8 Å². The molecule has 7 nitrogen and oxygen atoms in total. The quantitative estimate of drug-likeness (QED) is 0.608. The van der Waals surface area contributed by atoms with Crippen LogP contribution in [0, 0.1) is 0 Å². The van der Waals surface area contributed by atoms with Crippen molar-refractivity contribution in [1.29, 1.82) is 0 Å². The summed E-state index contributed by atoms with van der Waals surface area (Å²) in [7, 11) is 0. The molecule has 0 spiro atoms. The van der Waals surface area contributed by atoms with Crippen molar-refractivity contribution < 1.29 is 19.1 Å². The van der Waals surface area contributed by atoms with Gasteiger partial charge in [-0.1, -0.05) is 29.8 Å². The molecule has 8 heteroatoms. The van der Waals surface area contributed by atoms with Crippen LogP contribution >= 0.6 is 11.6 Å². The summed E-state index contributed by atoms with van der Waals surface area (Å²) in [5.74, 6) is -0.469. The number of ether oxygens (including phenoxy) is 2. The third kappa shape index (κ3) is 3.66. The van der Waals surface area contributed by atoms with Crippen molar-refractivity contribution in [2.24, 2.45) is 0 Å². The van der Waals surface area contributed by atoms with Gasteiger partial charge in [-0.05, 0) is 43.7 Å². The molecule has 0 saturated carbocycles. The zero-order valence-electron chi connectivity index (χ0n) is 15.5. The monoisotopic (exact) mass is 402 g/mol. The second-order valence-electron chi connectivity index (χ2n) is 5.91. The minimum absolute atomic E-state index is 0.0817. The third-order valence-electron chi connectivity index (χ3n) is 4.18. The number of fused-ring (bicyclic) bond motifs is 1. The molecule has 3 rings (SSSR count). The predicted octanol–water partition coefficient (Wildman–Crippen LogP) is 3.69. The molecule has 1 aromatic heterocycles. The first-order valence-electron chi connectivity index (χ1n) is 8.80. The van der Waals surface area contributed by atoms with E-state index in [0.717, 1.165) is 4.57 Å². The van der Waals surface area contributed by atoms with Crippen LogP contribution in [0.2, 0.25) is 5.02 Å². The zero-order valence-corrected chi connectivity index (χ0v) is 16.2. The van der Waals surface area contributed by atoms with E-state index < -0.39 is 17.8 Å². The van der Waals surface area contributed by atoms with E-state index in [9.17, 15) is 14.4 Å². The van der Waals surface area contributed by atoms with Gasteiger partial charge in [-0.2, -0.15) is 4.57 Å². The highest BCUT2D eigenvalue weighted by Crippen LogP contribution is 2.21. The van der Waals surface area contributed by atoms with Crippen LogP contribution in [0.15, 0.2) is 47.3 Å². The number of hydrogen-bond acceptors (Lipinski definition) is 5. The molecule has 0 aliphatic carbocycles. The van der Waals surface area contributed by atoms with E-state index in [1.807, 2.05) is 0 Å². The lowest BCUT2D eigenvalue weighted by Crippen LogP contribution is -2.30. The van der Waals surface area contributed by atoms with Crippen molar-refractivity contribution in [2.45, 2.75) is 20.4 Å². The minimum Gasteiger partial charge on any atom is -0.462 e. The lowest BCUT2D eigenvalue weighted by molar-refractivity contribution is 0.0525. The second kappa shape index (κ2) is 8.31. The summed E-state index contributed by atoms with van der Waals surface area (Å²) in [5.41, 5.74) is 1.23. The largest absolute Gasteiger partial charge is 0.462 e. The molecule has 0 fully saturated rings. The summed E-state index contributed by atoms with van der Waals surface area (Å²) in [6.07, 6.45) is -0.780. The molecule has 28 heavy (non-hydrogen) atoms. The first-order chi connectivity index (χ1) is 13.5. The van der Waals surface area contributed by atoms with Crippen LogP contribution in [-0.4, -0.2) is 34.4 Å². The van der Waals surface area contributed by atoms with E-state index >= 15 is 0 Å². The van der Waals surface area contributed by atoms with Gasteiger partial charge in [-0.25, -0.2) is 14.4 Å². The minimum atomic E-state index is -0.780. The molecule has 0 aliphatic heterocycles. The molecule has 1 heterocycles. The molecule has 3 aromatic rings. The van der Waals surface area contributed by atoms with Gasteiger partial charge in [0.25, 0.3) is 0 Å². The van der Waals surface area contributed by atoms with Gasteiger partial charge in [0.2, 0.25) is 0 Å². The average Bonchev–Trinajstić information content (AvgIpc) is 2.93. The van der Waals surface area contributed by atoms with Crippen molar-refractivity contribution in [3.63, 3.8) is 0 Å². The molecule has 0 bridgehead atoms. The van der Waals surface area contributed by atoms with Crippen LogP contribution in [0.4, 0.5) is 4.79 Å². The molecule has 0 atom stereocenters. The average molecular weight is 403 g/mol. The maximum atomic E-state index is 13.0. The fraction of sp³-hybridized carbons (Fsp3) is 0.250. The van der Waals surface area contributed by atoms with E-state index in [-0.39, 0.29) is 19.8 Å². The molecule has 146 valence electrons. The molecule has 0 saturated heterocycles. The van der Waals surface area contributed by atoms with Crippen LogP contribution in [0.1, 0.15) is 29.8 Å². The number of carbonyl (C=O) groups excluding carboxylic acids is 2. The van der Waals surface area contributed by atoms with E-state index in [2.05, 4.69) is 0 Å². The number of aromatic nitrogens is 2. The van der Waals surface area contributed by atoms with Crippen molar-refractivity contribution >= 4 is 34.7 Å². The van der Waals surface area contributed by atoms with E-state index in [0.29, 0.717) is 27.2 Å². The maximum Gasteiger partial charge on any atom is 0.422 e. The maximum absolute atomic E-state index is 13.0. The van der Waals surface area contributed by atoms with E-state index in [4.69, 9.17) is 21.1 Å². The smallest absolute Gasteiger partial charge is 0.422 e. The Morgan fingerprint density at radius 3 is 2.43 bits per heavy atom. The molecule has 0 aliphatic rings. The number of imidazole rings is 1. The number of benzene rings is 2. The Bertz CT molecular complexity index is 1100. The van der Waals surface area contributed by atoms with Gasteiger partial charge in [0.05, 0.1) is 36.4 Å².